The number of carbonyl (C=O) groups is 2. The van der Waals surface area contributed by atoms with E-state index in [2.05, 4.69) is 5.32 Å². The standard InChI is InChI=1S/C23H22N2O5S/c1-3-25(31(28,29)19-9-5-4-6-10-19)18-15-13-17(14-16-18)22(26)24-21-12-8-7-11-20(21)23(27)30-2/h4-16H,3H2,1-2H3,(H,24,26). The molecule has 3 rings (SSSR count). The summed E-state index contributed by atoms with van der Waals surface area (Å²) in [5.41, 5.74) is 1.32. The Bertz CT molecular complexity index is 1180. The topological polar surface area (TPSA) is 92.8 Å². The minimum Gasteiger partial charge on any atom is -0.465 e. The van der Waals surface area contributed by atoms with Crippen molar-refractivity contribution in [1.29, 1.82) is 0 Å². The highest BCUT2D eigenvalue weighted by molar-refractivity contribution is 7.92. The van der Waals surface area contributed by atoms with Crippen molar-refractivity contribution in [2.75, 3.05) is 23.3 Å². The van der Waals surface area contributed by atoms with E-state index in [0.717, 1.165) is 0 Å². The number of benzene rings is 3. The van der Waals surface area contributed by atoms with E-state index in [1.807, 2.05) is 0 Å². The van der Waals surface area contributed by atoms with Gasteiger partial charge in [-0.2, -0.15) is 0 Å². The van der Waals surface area contributed by atoms with Crippen LogP contribution in [0.25, 0.3) is 0 Å². The number of nitrogens with zero attached hydrogens (tertiary/aromatic N) is 1. The lowest BCUT2D eigenvalue weighted by atomic mass is 10.1. The van der Waals surface area contributed by atoms with Gasteiger partial charge in [0.15, 0.2) is 0 Å². The molecular formula is C23H22N2O5S. The van der Waals surface area contributed by atoms with Crippen LogP contribution in [0.15, 0.2) is 83.8 Å². The number of anilines is 2. The lowest BCUT2D eigenvalue weighted by Crippen LogP contribution is -2.30. The average Bonchev–Trinajstić information content (AvgIpc) is 2.80. The Morgan fingerprint density at radius 2 is 1.52 bits per heavy atom. The number of hydrogen-bond donors (Lipinski definition) is 1. The van der Waals surface area contributed by atoms with E-state index in [0.29, 0.717) is 16.9 Å². The molecule has 3 aromatic rings. The summed E-state index contributed by atoms with van der Waals surface area (Å²) in [6.07, 6.45) is 0. The fourth-order valence-electron chi connectivity index (χ4n) is 3.06. The molecule has 0 unspecified atom stereocenters. The number of para-hydroxylation sites is 1. The van der Waals surface area contributed by atoms with Gasteiger partial charge in [0.25, 0.3) is 15.9 Å². The Hall–Kier alpha value is -3.65. The largest absolute Gasteiger partial charge is 0.465 e. The Kier molecular flexibility index (Phi) is 6.71. The molecule has 0 aliphatic rings. The highest BCUT2D eigenvalue weighted by Crippen LogP contribution is 2.24. The van der Waals surface area contributed by atoms with Crippen molar-refractivity contribution in [3.05, 3.63) is 90.0 Å². The van der Waals surface area contributed by atoms with Crippen LogP contribution in [-0.2, 0) is 14.8 Å². The molecular weight excluding hydrogens is 416 g/mol. The van der Waals surface area contributed by atoms with E-state index >= 15 is 0 Å². The van der Waals surface area contributed by atoms with Gasteiger partial charge < -0.3 is 10.1 Å². The fourth-order valence-corrected chi connectivity index (χ4v) is 4.56. The SMILES string of the molecule is CCN(c1ccc(C(=O)Nc2ccccc2C(=O)OC)cc1)S(=O)(=O)c1ccccc1. The number of carbonyl (C=O) groups excluding carboxylic acids is 2. The first-order chi connectivity index (χ1) is 14.9. The van der Waals surface area contributed by atoms with Gasteiger partial charge in [-0.1, -0.05) is 30.3 Å². The summed E-state index contributed by atoms with van der Waals surface area (Å²) in [5, 5.41) is 2.69. The highest BCUT2D eigenvalue weighted by atomic mass is 32.2. The molecule has 0 aliphatic heterocycles. The molecule has 0 spiro atoms. The van der Waals surface area contributed by atoms with Crippen LogP contribution in [0.5, 0.6) is 0 Å². The molecule has 0 atom stereocenters. The van der Waals surface area contributed by atoms with Crippen LogP contribution < -0.4 is 9.62 Å². The molecule has 1 amide bonds. The Balaban J connectivity index is 1.83. The molecule has 31 heavy (non-hydrogen) atoms. The first kappa shape index (κ1) is 22.0. The summed E-state index contributed by atoms with van der Waals surface area (Å²) in [6.45, 7) is 1.97. The summed E-state index contributed by atoms with van der Waals surface area (Å²) >= 11 is 0. The zero-order valence-corrected chi connectivity index (χ0v) is 17.9. The van der Waals surface area contributed by atoms with Crippen molar-refractivity contribution in [2.45, 2.75) is 11.8 Å². The maximum absolute atomic E-state index is 13.0. The highest BCUT2D eigenvalue weighted by Gasteiger charge is 2.23. The quantitative estimate of drug-likeness (QED) is 0.564. The molecule has 0 aromatic heterocycles. The van der Waals surface area contributed by atoms with Crippen LogP contribution in [0.3, 0.4) is 0 Å². The lowest BCUT2D eigenvalue weighted by Gasteiger charge is -2.23. The van der Waals surface area contributed by atoms with E-state index in [1.54, 1.807) is 73.7 Å². The van der Waals surface area contributed by atoms with Crippen LogP contribution in [0.2, 0.25) is 0 Å². The normalized spacial score (nSPS) is 10.9. The number of rotatable bonds is 7. The van der Waals surface area contributed by atoms with Crippen molar-refractivity contribution in [1.82, 2.24) is 0 Å². The maximum atomic E-state index is 13.0. The van der Waals surface area contributed by atoms with Gasteiger partial charge >= 0.3 is 5.97 Å². The van der Waals surface area contributed by atoms with Gasteiger partial charge in [-0.25, -0.2) is 13.2 Å². The monoisotopic (exact) mass is 438 g/mol. The second kappa shape index (κ2) is 9.44. The third-order valence-corrected chi connectivity index (χ3v) is 6.53. The predicted molar refractivity (Wildman–Crippen MR) is 119 cm³/mol. The van der Waals surface area contributed by atoms with E-state index in [4.69, 9.17) is 4.74 Å². The van der Waals surface area contributed by atoms with Crippen LogP contribution >= 0.6 is 0 Å². The Morgan fingerprint density at radius 1 is 0.903 bits per heavy atom. The number of methoxy groups -OCH3 is 1. The number of ether oxygens (including phenoxy) is 1. The van der Waals surface area contributed by atoms with Crippen LogP contribution in [0.1, 0.15) is 27.6 Å². The van der Waals surface area contributed by atoms with Crippen molar-refractivity contribution in [2.24, 2.45) is 0 Å². The summed E-state index contributed by atoms with van der Waals surface area (Å²) in [5.74, 6) is -0.993. The first-order valence-electron chi connectivity index (χ1n) is 9.55. The first-order valence-corrected chi connectivity index (χ1v) is 11.0. The van der Waals surface area contributed by atoms with Crippen LogP contribution in [0, 0.1) is 0 Å². The molecule has 0 bridgehead atoms. The third kappa shape index (κ3) is 4.75. The Morgan fingerprint density at radius 3 is 2.13 bits per heavy atom. The molecule has 1 N–H and O–H groups in total. The Labute approximate surface area is 181 Å². The molecule has 0 aliphatic carbocycles. The van der Waals surface area contributed by atoms with Gasteiger partial charge in [-0.3, -0.25) is 9.10 Å². The lowest BCUT2D eigenvalue weighted by molar-refractivity contribution is 0.0602. The van der Waals surface area contributed by atoms with E-state index in [1.165, 1.54) is 23.5 Å². The molecule has 7 nitrogen and oxygen atoms in total. The van der Waals surface area contributed by atoms with E-state index in [9.17, 15) is 18.0 Å². The third-order valence-electron chi connectivity index (χ3n) is 4.62. The summed E-state index contributed by atoms with van der Waals surface area (Å²) in [4.78, 5) is 24.7. The maximum Gasteiger partial charge on any atom is 0.339 e. The minimum absolute atomic E-state index is 0.193. The second-order valence-electron chi connectivity index (χ2n) is 6.52. The zero-order valence-electron chi connectivity index (χ0n) is 17.1. The molecule has 0 saturated carbocycles. The van der Waals surface area contributed by atoms with Gasteiger partial charge in [0.05, 0.1) is 28.9 Å². The van der Waals surface area contributed by atoms with Gasteiger partial charge in [-0.15, -0.1) is 0 Å². The minimum atomic E-state index is -3.72. The smallest absolute Gasteiger partial charge is 0.339 e. The number of hydrogen-bond acceptors (Lipinski definition) is 5. The molecule has 0 fully saturated rings. The molecule has 3 aromatic carbocycles. The van der Waals surface area contributed by atoms with E-state index in [-0.39, 0.29) is 17.0 Å². The van der Waals surface area contributed by atoms with Gasteiger partial charge in [0.2, 0.25) is 0 Å². The van der Waals surface area contributed by atoms with Gasteiger partial charge in [0.1, 0.15) is 0 Å². The molecule has 0 radical (unpaired) electrons. The number of nitrogens with one attached hydrogen (secondary N) is 1. The van der Waals surface area contributed by atoms with Crippen molar-refractivity contribution >= 4 is 33.3 Å². The molecule has 0 heterocycles. The molecule has 0 saturated heterocycles. The number of sulfonamides is 1. The predicted octanol–water partition coefficient (Wildman–Crippen LogP) is 3.94. The van der Waals surface area contributed by atoms with Crippen LogP contribution in [0.4, 0.5) is 11.4 Å². The zero-order chi connectivity index (χ0) is 22.4. The summed E-state index contributed by atoms with van der Waals surface area (Å²) < 4.78 is 31.9. The summed E-state index contributed by atoms with van der Waals surface area (Å²) in [7, 11) is -2.46. The van der Waals surface area contributed by atoms with Gasteiger partial charge in [0, 0.05) is 12.1 Å². The van der Waals surface area contributed by atoms with Crippen molar-refractivity contribution in [3.8, 4) is 0 Å². The average molecular weight is 439 g/mol. The molecule has 8 heteroatoms. The van der Waals surface area contributed by atoms with Crippen LogP contribution in [-0.4, -0.2) is 33.9 Å². The number of esters is 1. The fraction of sp³-hybridized carbons (Fsp3) is 0.130. The van der Waals surface area contributed by atoms with Gasteiger partial charge in [-0.05, 0) is 55.5 Å². The number of amides is 1. The molecule has 160 valence electrons. The van der Waals surface area contributed by atoms with Crippen molar-refractivity contribution in [3.63, 3.8) is 0 Å². The van der Waals surface area contributed by atoms with Crippen molar-refractivity contribution < 1.29 is 22.7 Å². The second-order valence-corrected chi connectivity index (χ2v) is 8.38. The van der Waals surface area contributed by atoms with E-state index < -0.39 is 21.9 Å². The summed E-state index contributed by atoms with van der Waals surface area (Å²) in [6, 6.07) is 20.9.